The molecule has 0 amide bonds. The molecule has 1 aliphatic carbocycles. The summed E-state index contributed by atoms with van der Waals surface area (Å²) >= 11 is 0. The van der Waals surface area contributed by atoms with Crippen LogP contribution in [0.3, 0.4) is 0 Å². The minimum atomic E-state index is 0.427. The second-order valence-electron chi connectivity index (χ2n) is 6.33. The van der Waals surface area contributed by atoms with Gasteiger partial charge in [0.25, 0.3) is 0 Å². The van der Waals surface area contributed by atoms with Crippen molar-refractivity contribution in [2.75, 3.05) is 0 Å². The van der Waals surface area contributed by atoms with Gasteiger partial charge >= 0.3 is 0 Å². The lowest BCUT2D eigenvalue weighted by molar-refractivity contribution is -0.00533. The molecule has 0 spiro atoms. The largest absolute Gasteiger partial charge is 0.467 e. The molecular formula is C17H29NO2. The number of furan rings is 1. The van der Waals surface area contributed by atoms with Crippen LogP contribution in [0.5, 0.6) is 0 Å². The van der Waals surface area contributed by atoms with Crippen LogP contribution in [-0.2, 0) is 17.9 Å². The second kappa shape index (κ2) is 7.84. The molecule has 2 unspecified atom stereocenters. The van der Waals surface area contributed by atoms with Crippen LogP contribution >= 0.6 is 0 Å². The van der Waals surface area contributed by atoms with Gasteiger partial charge in [0, 0.05) is 18.2 Å². The normalized spacial score (nSPS) is 23.4. The predicted molar refractivity (Wildman–Crippen MR) is 81.5 cm³/mol. The third kappa shape index (κ3) is 4.95. The molecule has 1 saturated carbocycles. The molecule has 0 bridgehead atoms. The van der Waals surface area contributed by atoms with Gasteiger partial charge in [0.15, 0.2) is 0 Å². The van der Waals surface area contributed by atoms with Crippen LogP contribution in [0.15, 0.2) is 16.7 Å². The number of hydrogen-bond donors (Lipinski definition) is 1. The lowest BCUT2D eigenvalue weighted by Gasteiger charge is -2.28. The topological polar surface area (TPSA) is 34.4 Å². The molecule has 1 N–H and O–H groups in total. The summed E-state index contributed by atoms with van der Waals surface area (Å²) in [6, 6.07) is 2.60. The zero-order chi connectivity index (χ0) is 14.4. The van der Waals surface area contributed by atoms with Crippen molar-refractivity contribution in [2.24, 2.45) is 5.92 Å². The van der Waals surface area contributed by atoms with Crippen LogP contribution in [0.2, 0.25) is 0 Å². The Kier molecular flexibility index (Phi) is 6.11. The molecule has 1 aromatic rings. The van der Waals surface area contributed by atoms with Crippen LogP contribution in [-0.4, -0.2) is 12.1 Å². The van der Waals surface area contributed by atoms with Crippen molar-refractivity contribution < 1.29 is 9.15 Å². The zero-order valence-corrected chi connectivity index (χ0v) is 13.2. The first-order valence-corrected chi connectivity index (χ1v) is 8.08. The van der Waals surface area contributed by atoms with Gasteiger partial charge in [0.05, 0.1) is 12.4 Å². The molecule has 0 aromatic carbocycles. The highest BCUT2D eigenvalue weighted by Crippen LogP contribution is 2.29. The van der Waals surface area contributed by atoms with E-state index < -0.39 is 0 Å². The standard InChI is InChI=1S/C17H29NO2/c1-4-14-6-5-7-16(8-14)20-12-17-9-15(11-19-17)10-18-13(2)3/h9,11,13-14,16,18H,4-8,10,12H2,1-3H3. The highest BCUT2D eigenvalue weighted by molar-refractivity contribution is 5.12. The van der Waals surface area contributed by atoms with Crippen LogP contribution < -0.4 is 5.32 Å². The van der Waals surface area contributed by atoms with E-state index in [1.165, 1.54) is 37.7 Å². The van der Waals surface area contributed by atoms with Crippen molar-refractivity contribution in [3.8, 4) is 0 Å². The van der Waals surface area contributed by atoms with Gasteiger partial charge in [-0.25, -0.2) is 0 Å². The van der Waals surface area contributed by atoms with Crippen LogP contribution in [0, 0.1) is 5.92 Å². The van der Waals surface area contributed by atoms with E-state index in [-0.39, 0.29) is 0 Å². The molecule has 0 aliphatic heterocycles. The average molecular weight is 279 g/mol. The Balaban J connectivity index is 1.73. The zero-order valence-electron chi connectivity index (χ0n) is 13.2. The van der Waals surface area contributed by atoms with Crippen molar-refractivity contribution >= 4 is 0 Å². The molecule has 3 heteroatoms. The monoisotopic (exact) mass is 279 g/mol. The Morgan fingerprint density at radius 2 is 2.25 bits per heavy atom. The summed E-state index contributed by atoms with van der Waals surface area (Å²) in [5.41, 5.74) is 1.20. The SMILES string of the molecule is CCC1CCCC(OCc2cc(CNC(C)C)co2)C1. The first-order valence-electron chi connectivity index (χ1n) is 8.08. The van der Waals surface area contributed by atoms with Crippen molar-refractivity contribution in [1.82, 2.24) is 5.32 Å². The lowest BCUT2D eigenvalue weighted by Crippen LogP contribution is -2.22. The van der Waals surface area contributed by atoms with Crippen molar-refractivity contribution in [3.63, 3.8) is 0 Å². The van der Waals surface area contributed by atoms with E-state index in [0.717, 1.165) is 18.2 Å². The quantitative estimate of drug-likeness (QED) is 0.809. The number of ether oxygens (including phenoxy) is 1. The number of rotatable bonds is 7. The molecule has 114 valence electrons. The summed E-state index contributed by atoms with van der Waals surface area (Å²) in [5, 5.41) is 3.39. The molecule has 1 aliphatic rings. The fourth-order valence-corrected chi connectivity index (χ4v) is 2.88. The van der Waals surface area contributed by atoms with E-state index in [0.29, 0.717) is 18.8 Å². The molecule has 1 aromatic heterocycles. The summed E-state index contributed by atoms with van der Waals surface area (Å²) in [7, 11) is 0. The Bertz CT molecular complexity index is 386. The minimum Gasteiger partial charge on any atom is -0.467 e. The Hall–Kier alpha value is -0.800. The molecule has 2 atom stereocenters. The van der Waals surface area contributed by atoms with E-state index >= 15 is 0 Å². The summed E-state index contributed by atoms with van der Waals surface area (Å²) < 4.78 is 11.6. The van der Waals surface area contributed by atoms with E-state index in [9.17, 15) is 0 Å². The van der Waals surface area contributed by atoms with Gasteiger partial charge < -0.3 is 14.5 Å². The Morgan fingerprint density at radius 3 is 3.00 bits per heavy atom. The van der Waals surface area contributed by atoms with Crippen LogP contribution in [0.25, 0.3) is 0 Å². The molecule has 1 fully saturated rings. The van der Waals surface area contributed by atoms with Gasteiger partial charge in [-0.05, 0) is 24.8 Å². The van der Waals surface area contributed by atoms with Crippen LogP contribution in [0.4, 0.5) is 0 Å². The molecule has 0 saturated heterocycles. The number of hydrogen-bond acceptors (Lipinski definition) is 3. The summed E-state index contributed by atoms with van der Waals surface area (Å²) in [6.45, 7) is 8.06. The van der Waals surface area contributed by atoms with Crippen molar-refractivity contribution in [1.29, 1.82) is 0 Å². The third-order valence-electron chi connectivity index (χ3n) is 4.20. The Morgan fingerprint density at radius 1 is 1.40 bits per heavy atom. The van der Waals surface area contributed by atoms with Gasteiger partial charge in [-0.2, -0.15) is 0 Å². The summed E-state index contributed by atoms with van der Waals surface area (Å²) in [4.78, 5) is 0. The molecule has 2 rings (SSSR count). The van der Waals surface area contributed by atoms with Crippen molar-refractivity contribution in [3.05, 3.63) is 23.7 Å². The first-order chi connectivity index (χ1) is 9.67. The lowest BCUT2D eigenvalue weighted by atomic mass is 9.85. The second-order valence-corrected chi connectivity index (χ2v) is 6.33. The average Bonchev–Trinajstić information content (AvgIpc) is 2.91. The van der Waals surface area contributed by atoms with E-state index in [4.69, 9.17) is 9.15 Å². The minimum absolute atomic E-state index is 0.427. The fourth-order valence-electron chi connectivity index (χ4n) is 2.88. The maximum absolute atomic E-state index is 6.03. The van der Waals surface area contributed by atoms with E-state index in [1.54, 1.807) is 0 Å². The maximum Gasteiger partial charge on any atom is 0.129 e. The highest BCUT2D eigenvalue weighted by Gasteiger charge is 2.21. The fraction of sp³-hybridized carbons (Fsp3) is 0.765. The molecular weight excluding hydrogens is 250 g/mol. The predicted octanol–water partition coefficient (Wildman–Crippen LogP) is 4.26. The molecule has 3 nitrogen and oxygen atoms in total. The van der Waals surface area contributed by atoms with Gasteiger partial charge in [-0.3, -0.25) is 0 Å². The summed E-state index contributed by atoms with van der Waals surface area (Å²) in [5.74, 6) is 1.81. The maximum atomic E-state index is 6.03. The van der Waals surface area contributed by atoms with Gasteiger partial charge in [-0.1, -0.05) is 40.0 Å². The van der Waals surface area contributed by atoms with E-state index in [2.05, 4.69) is 32.2 Å². The highest BCUT2D eigenvalue weighted by atomic mass is 16.5. The molecule has 0 radical (unpaired) electrons. The van der Waals surface area contributed by atoms with Gasteiger partial charge in [0.2, 0.25) is 0 Å². The van der Waals surface area contributed by atoms with E-state index in [1.807, 2.05) is 6.26 Å². The van der Waals surface area contributed by atoms with Gasteiger partial charge in [-0.15, -0.1) is 0 Å². The molecule has 1 heterocycles. The smallest absolute Gasteiger partial charge is 0.129 e. The summed E-state index contributed by atoms with van der Waals surface area (Å²) in [6.07, 6.45) is 8.66. The van der Waals surface area contributed by atoms with Crippen molar-refractivity contribution in [2.45, 2.75) is 78.2 Å². The molecule has 20 heavy (non-hydrogen) atoms. The Labute approximate surface area is 123 Å². The third-order valence-corrected chi connectivity index (χ3v) is 4.20. The number of nitrogens with one attached hydrogen (secondary N) is 1. The first kappa shape index (κ1) is 15.6. The van der Waals surface area contributed by atoms with Gasteiger partial charge in [0.1, 0.15) is 12.4 Å². The van der Waals surface area contributed by atoms with Crippen LogP contribution in [0.1, 0.15) is 64.2 Å².